The molecule has 0 saturated heterocycles. The molecule has 0 saturated carbocycles. The van der Waals surface area contributed by atoms with Gasteiger partial charge in [-0.3, -0.25) is 0 Å². The van der Waals surface area contributed by atoms with Gasteiger partial charge in [-0.15, -0.1) is 0 Å². The van der Waals surface area contributed by atoms with E-state index >= 15 is 0 Å². The van der Waals surface area contributed by atoms with Gasteiger partial charge in [-0.2, -0.15) is 0 Å². The number of rotatable bonds is 7. The third kappa shape index (κ3) is 5.95. The van der Waals surface area contributed by atoms with Crippen molar-refractivity contribution in [1.82, 2.24) is 9.97 Å². The predicted molar refractivity (Wildman–Crippen MR) is 262 cm³/mol. The third-order valence-corrected chi connectivity index (χ3v) is 13.0. The summed E-state index contributed by atoms with van der Waals surface area (Å²) in [7, 11) is 0. The van der Waals surface area contributed by atoms with Gasteiger partial charge in [0.2, 0.25) is 0 Å². The number of nitrogens with zero attached hydrogens (tertiary/aromatic N) is 2. The number of hydrogen-bond acceptors (Lipinski definition) is 2. The molecule has 294 valence electrons. The van der Waals surface area contributed by atoms with E-state index in [1.807, 2.05) is 6.07 Å². The number of benzene rings is 10. The van der Waals surface area contributed by atoms with Gasteiger partial charge in [-0.1, -0.05) is 231 Å². The first-order chi connectivity index (χ1) is 31.3. The van der Waals surface area contributed by atoms with E-state index in [2.05, 4.69) is 237 Å². The quantitative estimate of drug-likeness (QED) is 0.160. The van der Waals surface area contributed by atoms with E-state index < -0.39 is 5.41 Å². The normalized spacial score (nSPS) is 12.6. The van der Waals surface area contributed by atoms with Crippen molar-refractivity contribution >= 4 is 21.5 Å². The Balaban J connectivity index is 1.05. The predicted octanol–water partition coefficient (Wildman–Crippen LogP) is 15.5. The molecule has 12 rings (SSSR count). The summed E-state index contributed by atoms with van der Waals surface area (Å²) < 4.78 is 0. The molecule has 0 amide bonds. The smallest absolute Gasteiger partial charge is 0.160 e. The van der Waals surface area contributed by atoms with Crippen molar-refractivity contribution in [3.8, 4) is 67.3 Å². The van der Waals surface area contributed by atoms with Crippen LogP contribution in [0, 0.1) is 0 Å². The Labute approximate surface area is 367 Å². The van der Waals surface area contributed by atoms with E-state index in [1.165, 1.54) is 66.2 Å². The lowest BCUT2D eigenvalue weighted by atomic mass is 9.67. The SMILES string of the molecule is c1ccc(-c2nc(-c3ccccc3-c3cccc4ccccc34)cc(-c3ccc(-c4ccc5c(c4)C(c4ccccc4)(c4ccccc4)c4ccccc4-5)c4ccccc34)n2)cc1. The van der Waals surface area contributed by atoms with Gasteiger partial charge in [0.1, 0.15) is 0 Å². The third-order valence-electron chi connectivity index (χ3n) is 13.0. The summed E-state index contributed by atoms with van der Waals surface area (Å²) >= 11 is 0. The molecule has 11 aromatic rings. The van der Waals surface area contributed by atoms with E-state index in [9.17, 15) is 0 Å². The average Bonchev–Trinajstić information content (AvgIpc) is 3.67. The Morgan fingerprint density at radius 2 is 0.762 bits per heavy atom. The maximum Gasteiger partial charge on any atom is 0.160 e. The molecule has 1 aromatic heterocycles. The van der Waals surface area contributed by atoms with Gasteiger partial charge in [0.25, 0.3) is 0 Å². The first-order valence-corrected chi connectivity index (χ1v) is 21.7. The summed E-state index contributed by atoms with van der Waals surface area (Å²) in [6, 6.07) is 87.7. The molecular weight excluding hydrogens is 761 g/mol. The molecule has 2 nitrogen and oxygen atoms in total. The molecule has 0 fully saturated rings. The van der Waals surface area contributed by atoms with Crippen molar-refractivity contribution in [3.05, 3.63) is 265 Å². The van der Waals surface area contributed by atoms with Crippen molar-refractivity contribution in [1.29, 1.82) is 0 Å². The second kappa shape index (κ2) is 15.1. The molecule has 2 heteroatoms. The maximum atomic E-state index is 5.35. The lowest BCUT2D eigenvalue weighted by Crippen LogP contribution is -2.28. The highest BCUT2D eigenvalue weighted by atomic mass is 14.9. The fraction of sp³-hybridized carbons (Fsp3) is 0.0164. The van der Waals surface area contributed by atoms with Crippen LogP contribution in [-0.4, -0.2) is 9.97 Å². The Morgan fingerprint density at radius 3 is 1.49 bits per heavy atom. The summed E-state index contributed by atoms with van der Waals surface area (Å²) in [5.41, 5.74) is 16.7. The molecule has 0 spiro atoms. The summed E-state index contributed by atoms with van der Waals surface area (Å²) in [4.78, 5) is 10.7. The molecule has 0 bridgehead atoms. The van der Waals surface area contributed by atoms with Crippen molar-refractivity contribution in [2.75, 3.05) is 0 Å². The van der Waals surface area contributed by atoms with Crippen molar-refractivity contribution in [3.63, 3.8) is 0 Å². The van der Waals surface area contributed by atoms with Crippen LogP contribution >= 0.6 is 0 Å². The molecule has 0 N–H and O–H groups in total. The average molecular weight is 801 g/mol. The minimum atomic E-state index is -0.478. The lowest BCUT2D eigenvalue weighted by molar-refractivity contribution is 0.769. The highest BCUT2D eigenvalue weighted by Crippen LogP contribution is 2.57. The highest BCUT2D eigenvalue weighted by Gasteiger charge is 2.46. The van der Waals surface area contributed by atoms with E-state index in [1.54, 1.807) is 0 Å². The van der Waals surface area contributed by atoms with Crippen LogP contribution in [0.15, 0.2) is 243 Å². The van der Waals surface area contributed by atoms with Gasteiger partial charge in [0, 0.05) is 16.7 Å². The molecule has 1 heterocycles. The number of hydrogen-bond donors (Lipinski definition) is 0. The van der Waals surface area contributed by atoms with E-state index in [4.69, 9.17) is 9.97 Å². The monoisotopic (exact) mass is 800 g/mol. The van der Waals surface area contributed by atoms with Gasteiger partial charge >= 0.3 is 0 Å². The molecule has 0 aliphatic heterocycles. The van der Waals surface area contributed by atoms with Crippen LogP contribution in [0.4, 0.5) is 0 Å². The molecule has 1 aliphatic carbocycles. The molecule has 63 heavy (non-hydrogen) atoms. The van der Waals surface area contributed by atoms with E-state index in [0.29, 0.717) is 5.82 Å². The molecule has 1 aliphatic rings. The van der Waals surface area contributed by atoms with Crippen LogP contribution in [-0.2, 0) is 5.41 Å². The topological polar surface area (TPSA) is 25.8 Å². The number of fused-ring (bicyclic) bond motifs is 5. The van der Waals surface area contributed by atoms with Crippen molar-refractivity contribution in [2.45, 2.75) is 5.41 Å². The summed E-state index contributed by atoms with van der Waals surface area (Å²) in [5, 5.41) is 4.74. The van der Waals surface area contributed by atoms with Gasteiger partial charge in [-0.25, -0.2) is 9.97 Å². The van der Waals surface area contributed by atoms with Crippen LogP contribution in [0.5, 0.6) is 0 Å². The summed E-state index contributed by atoms with van der Waals surface area (Å²) in [6.07, 6.45) is 0. The zero-order valence-corrected chi connectivity index (χ0v) is 34.5. The van der Waals surface area contributed by atoms with Crippen LogP contribution in [0.2, 0.25) is 0 Å². The Bertz CT molecular complexity index is 3460. The summed E-state index contributed by atoms with van der Waals surface area (Å²) in [5.74, 6) is 0.695. The molecule has 0 unspecified atom stereocenters. The molecule has 0 radical (unpaired) electrons. The maximum absolute atomic E-state index is 5.35. The molecule has 10 aromatic carbocycles. The second-order valence-electron chi connectivity index (χ2n) is 16.4. The van der Waals surface area contributed by atoms with Crippen molar-refractivity contribution in [2.24, 2.45) is 0 Å². The molecule has 0 atom stereocenters. The van der Waals surface area contributed by atoms with Crippen LogP contribution in [0.25, 0.3) is 88.8 Å². The van der Waals surface area contributed by atoms with E-state index in [-0.39, 0.29) is 0 Å². The Hall–Kier alpha value is -8.20. The Kier molecular flexibility index (Phi) is 8.76. The fourth-order valence-corrected chi connectivity index (χ4v) is 10.2. The lowest BCUT2D eigenvalue weighted by Gasteiger charge is -2.34. The van der Waals surface area contributed by atoms with Gasteiger partial charge in [-0.05, 0) is 89.3 Å². The fourth-order valence-electron chi connectivity index (χ4n) is 10.2. The van der Waals surface area contributed by atoms with Crippen LogP contribution in [0.1, 0.15) is 22.3 Å². The van der Waals surface area contributed by atoms with Crippen molar-refractivity contribution < 1.29 is 0 Å². The van der Waals surface area contributed by atoms with Gasteiger partial charge in [0.15, 0.2) is 5.82 Å². The Morgan fingerprint density at radius 1 is 0.270 bits per heavy atom. The molecular formula is C61H40N2. The largest absolute Gasteiger partial charge is 0.228 e. The first-order valence-electron chi connectivity index (χ1n) is 21.7. The van der Waals surface area contributed by atoms with Gasteiger partial charge < -0.3 is 0 Å². The minimum absolute atomic E-state index is 0.478. The van der Waals surface area contributed by atoms with E-state index in [0.717, 1.165) is 39.0 Å². The van der Waals surface area contributed by atoms with Crippen LogP contribution < -0.4 is 0 Å². The van der Waals surface area contributed by atoms with Gasteiger partial charge in [0.05, 0.1) is 16.8 Å². The summed E-state index contributed by atoms with van der Waals surface area (Å²) in [6.45, 7) is 0. The van der Waals surface area contributed by atoms with Crippen LogP contribution in [0.3, 0.4) is 0 Å². The minimum Gasteiger partial charge on any atom is -0.228 e. The standard InChI is InChI=1S/C61H40N2/c1-4-20-42(21-5-1)60-62-58(54-32-15-14-29-50(54)49-33-18-22-41-19-10-11-27-46(41)49)40-59(63-60)55-38-37-47(48-28-12-13-30-51(48)55)43-35-36-53-52-31-16-17-34-56(52)61(57(53)39-43,44-23-6-2-7-24-44)45-25-8-3-9-26-45/h1-40H. The highest BCUT2D eigenvalue weighted by molar-refractivity contribution is 6.06. The zero-order chi connectivity index (χ0) is 41.7. The second-order valence-corrected chi connectivity index (χ2v) is 16.4. The number of aromatic nitrogens is 2. The zero-order valence-electron chi connectivity index (χ0n) is 34.5. The first kappa shape index (κ1) is 36.6.